The zero-order chi connectivity index (χ0) is 10.9. The summed E-state index contributed by atoms with van der Waals surface area (Å²) >= 11 is 5.77. The lowest BCUT2D eigenvalue weighted by atomic mass is 10.2. The molecule has 84 valence electrons. The number of halogens is 1. The molecule has 0 atom stereocenters. The largest absolute Gasteiger partial charge is 0.385 e. The van der Waals surface area contributed by atoms with E-state index in [4.69, 9.17) is 11.6 Å². The van der Waals surface area contributed by atoms with E-state index >= 15 is 0 Å². The summed E-state index contributed by atoms with van der Waals surface area (Å²) in [7, 11) is 0. The summed E-state index contributed by atoms with van der Waals surface area (Å²) in [5.74, 6) is 0.589. The van der Waals surface area contributed by atoms with Crippen LogP contribution in [0.4, 0.5) is 5.69 Å². The molecule has 0 heterocycles. The monoisotopic (exact) mass is 225 g/mol. The molecule has 0 saturated heterocycles. The number of alkyl halides is 1. The molecule has 1 rings (SSSR count). The van der Waals surface area contributed by atoms with E-state index in [2.05, 4.69) is 30.4 Å². The molecule has 0 bridgehead atoms. The molecule has 0 spiro atoms. The van der Waals surface area contributed by atoms with Crippen LogP contribution in [0.2, 0.25) is 0 Å². The van der Waals surface area contributed by atoms with Crippen LogP contribution >= 0.6 is 11.6 Å². The average Bonchev–Trinajstić information content (AvgIpc) is 2.29. The molecule has 1 aromatic rings. The lowest BCUT2D eigenvalue weighted by molar-refractivity contribution is 0.685. The first-order chi connectivity index (χ1) is 7.36. The van der Waals surface area contributed by atoms with Gasteiger partial charge < -0.3 is 5.32 Å². The van der Waals surface area contributed by atoms with Gasteiger partial charge in [0, 0.05) is 18.1 Å². The number of nitrogens with one attached hydrogen (secondary N) is 1. The van der Waals surface area contributed by atoms with Gasteiger partial charge in [0.05, 0.1) is 0 Å². The topological polar surface area (TPSA) is 12.0 Å². The standard InChI is InChI=1S/C13H20ClN/c1-2-3-4-5-9-15-13-8-6-7-12(10-13)11-14/h6-8,10,15H,2-5,9,11H2,1H3. The van der Waals surface area contributed by atoms with Crippen molar-refractivity contribution < 1.29 is 0 Å². The Morgan fingerprint density at radius 3 is 2.80 bits per heavy atom. The van der Waals surface area contributed by atoms with Crippen molar-refractivity contribution in [3.05, 3.63) is 29.8 Å². The van der Waals surface area contributed by atoms with Crippen molar-refractivity contribution in [3.63, 3.8) is 0 Å². The molecule has 0 aliphatic heterocycles. The van der Waals surface area contributed by atoms with Crippen LogP contribution in [0.1, 0.15) is 38.2 Å². The van der Waals surface area contributed by atoms with Crippen molar-refractivity contribution in [2.75, 3.05) is 11.9 Å². The summed E-state index contributed by atoms with van der Waals surface area (Å²) in [5, 5.41) is 3.42. The second-order valence-electron chi connectivity index (χ2n) is 3.82. The van der Waals surface area contributed by atoms with Gasteiger partial charge in [0.25, 0.3) is 0 Å². The molecule has 1 nitrogen and oxygen atoms in total. The van der Waals surface area contributed by atoms with Gasteiger partial charge in [-0.15, -0.1) is 11.6 Å². The van der Waals surface area contributed by atoms with E-state index in [0.29, 0.717) is 5.88 Å². The predicted molar refractivity (Wildman–Crippen MR) is 68.6 cm³/mol. The van der Waals surface area contributed by atoms with Crippen molar-refractivity contribution in [1.29, 1.82) is 0 Å². The summed E-state index contributed by atoms with van der Waals surface area (Å²) in [6.07, 6.45) is 5.20. The van der Waals surface area contributed by atoms with Gasteiger partial charge in [0.1, 0.15) is 0 Å². The SMILES string of the molecule is CCCCCCNc1cccc(CCl)c1. The fourth-order valence-electron chi connectivity index (χ4n) is 1.55. The molecular weight excluding hydrogens is 206 g/mol. The van der Waals surface area contributed by atoms with Crippen molar-refractivity contribution >= 4 is 17.3 Å². The minimum absolute atomic E-state index is 0.589. The lowest BCUT2D eigenvalue weighted by Crippen LogP contribution is -2.01. The van der Waals surface area contributed by atoms with Crippen LogP contribution in [0.5, 0.6) is 0 Å². The maximum atomic E-state index is 5.77. The number of hydrogen-bond acceptors (Lipinski definition) is 1. The summed E-state index contributed by atoms with van der Waals surface area (Å²) < 4.78 is 0. The molecule has 1 N–H and O–H groups in total. The molecular formula is C13H20ClN. The molecule has 0 aromatic heterocycles. The van der Waals surface area contributed by atoms with Gasteiger partial charge in [-0.25, -0.2) is 0 Å². The van der Waals surface area contributed by atoms with E-state index in [9.17, 15) is 0 Å². The first-order valence-electron chi connectivity index (χ1n) is 5.75. The highest BCUT2D eigenvalue weighted by molar-refractivity contribution is 6.17. The van der Waals surface area contributed by atoms with Crippen LogP contribution in [0, 0.1) is 0 Å². The summed E-state index contributed by atoms with van der Waals surface area (Å²) in [6, 6.07) is 8.31. The van der Waals surface area contributed by atoms with Crippen LogP contribution in [0.25, 0.3) is 0 Å². The highest BCUT2D eigenvalue weighted by Crippen LogP contribution is 2.12. The second kappa shape index (κ2) is 7.58. The van der Waals surface area contributed by atoms with Crippen LogP contribution < -0.4 is 5.32 Å². The Bertz CT molecular complexity index is 273. The maximum absolute atomic E-state index is 5.77. The zero-order valence-electron chi connectivity index (χ0n) is 9.43. The molecule has 0 amide bonds. The number of anilines is 1. The lowest BCUT2D eigenvalue weighted by Gasteiger charge is -2.07. The third-order valence-electron chi connectivity index (χ3n) is 2.44. The third-order valence-corrected chi connectivity index (χ3v) is 2.75. The molecule has 15 heavy (non-hydrogen) atoms. The number of unbranched alkanes of at least 4 members (excludes halogenated alkanes) is 3. The maximum Gasteiger partial charge on any atom is 0.0474 e. The Balaban J connectivity index is 2.24. The number of rotatable bonds is 7. The smallest absolute Gasteiger partial charge is 0.0474 e. The quantitative estimate of drug-likeness (QED) is 0.535. The molecule has 0 saturated carbocycles. The van der Waals surface area contributed by atoms with E-state index in [1.165, 1.54) is 36.9 Å². The van der Waals surface area contributed by atoms with Crippen molar-refractivity contribution in [3.8, 4) is 0 Å². The van der Waals surface area contributed by atoms with Crippen LogP contribution in [-0.2, 0) is 5.88 Å². The average molecular weight is 226 g/mol. The van der Waals surface area contributed by atoms with Gasteiger partial charge in [-0.3, -0.25) is 0 Å². The zero-order valence-corrected chi connectivity index (χ0v) is 10.2. The fraction of sp³-hybridized carbons (Fsp3) is 0.538. The van der Waals surface area contributed by atoms with Crippen LogP contribution in [0.3, 0.4) is 0 Å². The Morgan fingerprint density at radius 2 is 2.07 bits per heavy atom. The minimum Gasteiger partial charge on any atom is -0.385 e. The van der Waals surface area contributed by atoms with Crippen molar-refractivity contribution in [2.45, 2.75) is 38.5 Å². The van der Waals surface area contributed by atoms with Crippen molar-refractivity contribution in [2.24, 2.45) is 0 Å². The van der Waals surface area contributed by atoms with E-state index in [-0.39, 0.29) is 0 Å². The summed E-state index contributed by atoms with van der Waals surface area (Å²) in [5.41, 5.74) is 2.36. The Labute approximate surface area is 97.8 Å². The van der Waals surface area contributed by atoms with Gasteiger partial charge in [-0.1, -0.05) is 38.3 Å². The molecule has 0 fully saturated rings. The molecule has 0 radical (unpaired) electrons. The third kappa shape index (κ3) is 5.08. The summed E-state index contributed by atoms with van der Waals surface area (Å²) in [6.45, 7) is 3.29. The molecule has 1 aromatic carbocycles. The van der Waals surface area contributed by atoms with Crippen molar-refractivity contribution in [1.82, 2.24) is 0 Å². The molecule has 0 aliphatic rings. The minimum atomic E-state index is 0.589. The first kappa shape index (κ1) is 12.4. The van der Waals surface area contributed by atoms with Gasteiger partial charge in [-0.2, -0.15) is 0 Å². The van der Waals surface area contributed by atoms with Crippen LogP contribution in [-0.4, -0.2) is 6.54 Å². The van der Waals surface area contributed by atoms with E-state index in [0.717, 1.165) is 6.54 Å². The number of hydrogen-bond donors (Lipinski definition) is 1. The Kier molecular flexibility index (Phi) is 6.26. The van der Waals surface area contributed by atoms with Gasteiger partial charge in [0.15, 0.2) is 0 Å². The fourth-order valence-corrected chi connectivity index (χ4v) is 1.72. The normalized spacial score (nSPS) is 10.3. The van der Waals surface area contributed by atoms with Crippen LogP contribution in [0.15, 0.2) is 24.3 Å². The Morgan fingerprint density at radius 1 is 1.20 bits per heavy atom. The molecule has 2 heteroatoms. The molecule has 0 unspecified atom stereocenters. The number of benzene rings is 1. The molecule has 0 aliphatic carbocycles. The van der Waals surface area contributed by atoms with E-state index in [1.54, 1.807) is 0 Å². The second-order valence-corrected chi connectivity index (χ2v) is 4.09. The highest BCUT2D eigenvalue weighted by Gasteiger charge is 1.94. The first-order valence-corrected chi connectivity index (χ1v) is 6.29. The highest BCUT2D eigenvalue weighted by atomic mass is 35.5. The van der Waals surface area contributed by atoms with Gasteiger partial charge in [-0.05, 0) is 24.1 Å². The summed E-state index contributed by atoms with van der Waals surface area (Å²) in [4.78, 5) is 0. The van der Waals surface area contributed by atoms with Gasteiger partial charge >= 0.3 is 0 Å². The predicted octanol–water partition coefficient (Wildman–Crippen LogP) is 4.42. The van der Waals surface area contributed by atoms with E-state index in [1.807, 2.05) is 6.07 Å². The van der Waals surface area contributed by atoms with E-state index < -0.39 is 0 Å². The van der Waals surface area contributed by atoms with Gasteiger partial charge in [0.2, 0.25) is 0 Å². The Hall–Kier alpha value is -0.690.